The van der Waals surface area contributed by atoms with Crippen molar-refractivity contribution in [1.82, 2.24) is 9.88 Å². The molecule has 1 fully saturated rings. The third-order valence-corrected chi connectivity index (χ3v) is 5.04. The number of aryl methyl sites for hydroxylation is 2. The molecule has 0 bridgehead atoms. The van der Waals surface area contributed by atoms with Crippen LogP contribution in [0.15, 0.2) is 36.5 Å². The Balaban J connectivity index is 1.74. The number of piperazine rings is 1. The maximum Gasteiger partial charge on any atom is 0.274 e. The van der Waals surface area contributed by atoms with Gasteiger partial charge in [-0.05, 0) is 36.6 Å². The molecule has 2 amide bonds. The van der Waals surface area contributed by atoms with Crippen LogP contribution in [0.5, 0.6) is 0 Å². The van der Waals surface area contributed by atoms with Gasteiger partial charge >= 0.3 is 0 Å². The minimum atomic E-state index is -0.205. The Labute approximate surface area is 160 Å². The summed E-state index contributed by atoms with van der Waals surface area (Å²) in [4.78, 5) is 32.5. The summed E-state index contributed by atoms with van der Waals surface area (Å²) in [7, 11) is 0. The van der Waals surface area contributed by atoms with Gasteiger partial charge in [0.05, 0.1) is 0 Å². The van der Waals surface area contributed by atoms with Crippen molar-refractivity contribution in [3.63, 3.8) is 0 Å². The van der Waals surface area contributed by atoms with Crippen molar-refractivity contribution in [2.45, 2.75) is 27.2 Å². The van der Waals surface area contributed by atoms with Crippen molar-refractivity contribution in [3.05, 3.63) is 53.3 Å². The van der Waals surface area contributed by atoms with E-state index in [9.17, 15) is 9.59 Å². The van der Waals surface area contributed by atoms with Gasteiger partial charge in [0.1, 0.15) is 5.69 Å². The number of nitrogens with one attached hydrogen (secondary N) is 1. The largest absolute Gasteiger partial charge is 0.368 e. The van der Waals surface area contributed by atoms with E-state index in [-0.39, 0.29) is 11.8 Å². The molecule has 6 heteroatoms. The molecule has 1 aliphatic rings. The number of pyridine rings is 1. The van der Waals surface area contributed by atoms with E-state index in [4.69, 9.17) is 0 Å². The predicted octanol–water partition coefficient (Wildman–Crippen LogP) is 2.87. The molecule has 1 aromatic carbocycles. The lowest BCUT2D eigenvalue weighted by molar-refractivity contribution is -0.129. The molecule has 0 aliphatic carbocycles. The maximum absolute atomic E-state index is 12.8. The van der Waals surface area contributed by atoms with Gasteiger partial charge in [0.25, 0.3) is 5.91 Å². The van der Waals surface area contributed by atoms with E-state index < -0.39 is 0 Å². The monoisotopic (exact) mass is 366 g/mol. The predicted molar refractivity (Wildman–Crippen MR) is 107 cm³/mol. The minimum absolute atomic E-state index is 0.106. The smallest absolute Gasteiger partial charge is 0.274 e. The highest BCUT2D eigenvalue weighted by molar-refractivity contribution is 6.04. The minimum Gasteiger partial charge on any atom is -0.368 e. The van der Waals surface area contributed by atoms with E-state index in [2.05, 4.69) is 22.1 Å². The lowest BCUT2D eigenvalue weighted by atomic mass is 10.1. The van der Waals surface area contributed by atoms with Crippen LogP contribution in [0.2, 0.25) is 0 Å². The summed E-state index contributed by atoms with van der Waals surface area (Å²) >= 11 is 0. The second kappa shape index (κ2) is 8.20. The summed E-state index contributed by atoms with van der Waals surface area (Å²) in [5.74, 6) is -0.0994. The van der Waals surface area contributed by atoms with E-state index in [1.54, 1.807) is 13.1 Å². The second-order valence-electron chi connectivity index (χ2n) is 6.81. The summed E-state index contributed by atoms with van der Waals surface area (Å²) in [6, 6.07) is 9.76. The van der Waals surface area contributed by atoms with Crippen molar-refractivity contribution in [1.29, 1.82) is 0 Å². The first-order valence-electron chi connectivity index (χ1n) is 9.36. The van der Waals surface area contributed by atoms with Crippen molar-refractivity contribution in [3.8, 4) is 0 Å². The molecule has 27 heavy (non-hydrogen) atoms. The number of carbonyl (C=O) groups excluding carboxylic acids is 2. The summed E-state index contributed by atoms with van der Waals surface area (Å²) in [5.41, 5.74) is 4.37. The van der Waals surface area contributed by atoms with Gasteiger partial charge in [-0.25, -0.2) is 0 Å². The SMILES string of the molecule is CCc1cccc(C)c1NC(=O)c1cc(N2CCN(C(C)=O)CC2)ccn1. The van der Waals surface area contributed by atoms with E-state index in [1.807, 2.05) is 42.2 Å². The fraction of sp³-hybridized carbons (Fsp3) is 0.381. The normalized spacial score (nSPS) is 14.2. The number of carbonyl (C=O) groups is 2. The Kier molecular flexibility index (Phi) is 5.74. The number of anilines is 2. The quantitative estimate of drug-likeness (QED) is 0.904. The summed E-state index contributed by atoms with van der Waals surface area (Å²) < 4.78 is 0. The van der Waals surface area contributed by atoms with E-state index in [0.717, 1.165) is 42.0 Å². The highest BCUT2D eigenvalue weighted by Crippen LogP contribution is 2.23. The van der Waals surface area contributed by atoms with Crippen LogP contribution in [0.3, 0.4) is 0 Å². The molecule has 0 radical (unpaired) electrons. The van der Waals surface area contributed by atoms with Crippen molar-refractivity contribution in [2.75, 3.05) is 36.4 Å². The Hall–Kier alpha value is -2.89. The fourth-order valence-corrected chi connectivity index (χ4v) is 3.40. The molecule has 3 rings (SSSR count). The molecule has 0 unspecified atom stereocenters. The van der Waals surface area contributed by atoms with Crippen LogP contribution in [0.1, 0.15) is 35.5 Å². The molecule has 1 aliphatic heterocycles. The van der Waals surface area contributed by atoms with E-state index in [1.165, 1.54) is 0 Å². The molecule has 0 atom stereocenters. The van der Waals surface area contributed by atoms with Crippen molar-refractivity contribution >= 4 is 23.2 Å². The van der Waals surface area contributed by atoms with Crippen LogP contribution in [0, 0.1) is 6.92 Å². The Bertz CT molecular complexity index is 842. The highest BCUT2D eigenvalue weighted by Gasteiger charge is 2.20. The Morgan fingerprint density at radius 3 is 2.56 bits per heavy atom. The summed E-state index contributed by atoms with van der Waals surface area (Å²) in [6.45, 7) is 8.56. The molecule has 142 valence electrons. The highest BCUT2D eigenvalue weighted by atomic mass is 16.2. The fourth-order valence-electron chi connectivity index (χ4n) is 3.40. The molecule has 2 heterocycles. The van der Waals surface area contributed by atoms with Crippen LogP contribution in [-0.2, 0) is 11.2 Å². The molecule has 0 spiro atoms. The zero-order chi connectivity index (χ0) is 19.4. The zero-order valence-corrected chi connectivity index (χ0v) is 16.2. The van der Waals surface area contributed by atoms with Crippen LogP contribution in [0.25, 0.3) is 0 Å². The second-order valence-corrected chi connectivity index (χ2v) is 6.81. The Morgan fingerprint density at radius 2 is 1.89 bits per heavy atom. The van der Waals surface area contributed by atoms with E-state index in [0.29, 0.717) is 18.8 Å². The topological polar surface area (TPSA) is 65.5 Å². The number of hydrogen-bond acceptors (Lipinski definition) is 4. The number of nitrogens with zero attached hydrogens (tertiary/aromatic N) is 3. The molecular formula is C21H26N4O2. The third-order valence-electron chi connectivity index (χ3n) is 5.04. The van der Waals surface area contributed by atoms with Crippen LogP contribution < -0.4 is 10.2 Å². The number of rotatable bonds is 4. The first-order chi connectivity index (χ1) is 13.0. The third kappa shape index (κ3) is 4.27. The van der Waals surface area contributed by atoms with E-state index >= 15 is 0 Å². The first-order valence-corrected chi connectivity index (χ1v) is 9.36. The molecule has 6 nitrogen and oxygen atoms in total. The number of amides is 2. The number of hydrogen-bond donors (Lipinski definition) is 1. The van der Waals surface area contributed by atoms with Crippen molar-refractivity contribution < 1.29 is 9.59 Å². The van der Waals surface area contributed by atoms with Gasteiger partial charge in [-0.3, -0.25) is 14.6 Å². The number of aromatic nitrogens is 1. The number of para-hydroxylation sites is 1. The van der Waals surface area contributed by atoms with Crippen LogP contribution in [-0.4, -0.2) is 47.9 Å². The number of benzene rings is 1. The standard InChI is InChI=1S/C21H26N4O2/c1-4-17-7-5-6-15(2)20(17)23-21(27)19-14-18(8-9-22-19)25-12-10-24(11-13-25)16(3)26/h5-9,14H,4,10-13H2,1-3H3,(H,23,27). The molecule has 0 saturated carbocycles. The molecule has 2 aromatic rings. The van der Waals surface area contributed by atoms with Gasteiger partial charge in [-0.2, -0.15) is 0 Å². The van der Waals surface area contributed by atoms with Gasteiger partial charge in [-0.1, -0.05) is 25.1 Å². The van der Waals surface area contributed by atoms with Gasteiger partial charge in [-0.15, -0.1) is 0 Å². The molecule has 1 aromatic heterocycles. The van der Waals surface area contributed by atoms with Gasteiger partial charge in [0.2, 0.25) is 5.91 Å². The summed E-state index contributed by atoms with van der Waals surface area (Å²) in [6.07, 6.45) is 2.52. The molecule has 1 N–H and O–H groups in total. The Morgan fingerprint density at radius 1 is 1.15 bits per heavy atom. The lowest BCUT2D eigenvalue weighted by Gasteiger charge is -2.35. The maximum atomic E-state index is 12.8. The lowest BCUT2D eigenvalue weighted by Crippen LogP contribution is -2.48. The first kappa shape index (κ1) is 18.9. The zero-order valence-electron chi connectivity index (χ0n) is 16.2. The average Bonchev–Trinajstić information content (AvgIpc) is 2.69. The molecular weight excluding hydrogens is 340 g/mol. The molecule has 1 saturated heterocycles. The van der Waals surface area contributed by atoms with Crippen LogP contribution >= 0.6 is 0 Å². The van der Waals surface area contributed by atoms with Gasteiger partial charge in [0, 0.05) is 50.7 Å². The van der Waals surface area contributed by atoms with Crippen LogP contribution in [0.4, 0.5) is 11.4 Å². The van der Waals surface area contributed by atoms with Gasteiger partial charge in [0.15, 0.2) is 0 Å². The van der Waals surface area contributed by atoms with Crippen molar-refractivity contribution in [2.24, 2.45) is 0 Å². The summed E-state index contributed by atoms with van der Waals surface area (Å²) in [5, 5.41) is 3.03. The van der Waals surface area contributed by atoms with Gasteiger partial charge < -0.3 is 15.1 Å². The average molecular weight is 366 g/mol.